The van der Waals surface area contributed by atoms with Crippen LogP contribution in [0.2, 0.25) is 0 Å². The fraction of sp³-hybridized carbons (Fsp3) is 0.167. The number of amides is 2. The minimum atomic E-state index is -4.50. The number of rotatable bonds is 4. The van der Waals surface area contributed by atoms with Crippen LogP contribution in [0.1, 0.15) is 11.1 Å². The van der Waals surface area contributed by atoms with Crippen LogP contribution in [0.5, 0.6) is 0 Å². The van der Waals surface area contributed by atoms with Crippen molar-refractivity contribution in [2.45, 2.75) is 6.18 Å². The number of benzene rings is 1. The van der Waals surface area contributed by atoms with Gasteiger partial charge in [0, 0.05) is 6.20 Å². The number of anilines is 1. The second kappa shape index (κ2) is 7.83. The van der Waals surface area contributed by atoms with E-state index < -0.39 is 17.6 Å². The Labute approximate surface area is 157 Å². The van der Waals surface area contributed by atoms with Gasteiger partial charge in [-0.3, -0.25) is 9.59 Å². The molecule has 2 heterocycles. The van der Waals surface area contributed by atoms with Crippen LogP contribution in [-0.4, -0.2) is 34.0 Å². The second-order valence-electron chi connectivity index (χ2n) is 5.64. The molecule has 27 heavy (non-hydrogen) atoms. The lowest BCUT2D eigenvalue weighted by Crippen LogP contribution is -2.39. The molecule has 0 radical (unpaired) electrons. The van der Waals surface area contributed by atoms with E-state index in [0.29, 0.717) is 11.9 Å². The smallest absolute Gasteiger partial charge is 0.309 e. The molecule has 0 atom stereocenters. The summed E-state index contributed by atoms with van der Waals surface area (Å²) < 4.78 is 37.7. The highest BCUT2D eigenvalue weighted by molar-refractivity contribution is 8.03. The molecule has 2 amide bonds. The van der Waals surface area contributed by atoms with Crippen LogP contribution < -0.4 is 5.32 Å². The molecular weight excluding hydrogens is 379 g/mol. The van der Waals surface area contributed by atoms with Crippen LogP contribution in [0.15, 0.2) is 54.1 Å². The molecule has 0 unspecified atom stereocenters. The number of hydrogen-bond donors (Lipinski definition) is 1. The van der Waals surface area contributed by atoms with Gasteiger partial charge in [-0.25, -0.2) is 4.98 Å². The number of nitrogens with one attached hydrogen (secondary N) is 1. The maximum absolute atomic E-state index is 12.6. The fourth-order valence-electron chi connectivity index (χ4n) is 2.44. The number of thioether (sulfide) groups is 1. The zero-order chi connectivity index (χ0) is 19.4. The van der Waals surface area contributed by atoms with Crippen LogP contribution in [-0.2, 0) is 15.8 Å². The van der Waals surface area contributed by atoms with Crippen molar-refractivity contribution in [3.05, 3.63) is 65.2 Å². The maximum atomic E-state index is 12.6. The van der Waals surface area contributed by atoms with E-state index in [1.165, 1.54) is 16.7 Å². The molecule has 0 bridgehead atoms. The van der Waals surface area contributed by atoms with Crippen molar-refractivity contribution < 1.29 is 22.8 Å². The number of alkyl halides is 3. The molecule has 0 saturated carbocycles. The van der Waals surface area contributed by atoms with E-state index in [0.717, 1.165) is 17.7 Å². The van der Waals surface area contributed by atoms with Crippen LogP contribution in [0.4, 0.5) is 19.0 Å². The molecule has 0 saturated heterocycles. The van der Waals surface area contributed by atoms with Crippen LogP contribution in [0.3, 0.4) is 0 Å². The van der Waals surface area contributed by atoms with Gasteiger partial charge in [0.05, 0.1) is 17.0 Å². The summed E-state index contributed by atoms with van der Waals surface area (Å²) in [5.74, 6) is -0.583. The molecule has 2 aromatic rings. The highest BCUT2D eigenvalue weighted by atomic mass is 32.2. The van der Waals surface area contributed by atoms with Crippen molar-refractivity contribution in [3.63, 3.8) is 0 Å². The molecule has 1 N–H and O–H groups in total. The van der Waals surface area contributed by atoms with Gasteiger partial charge in [-0.1, -0.05) is 30.3 Å². The summed E-state index contributed by atoms with van der Waals surface area (Å²) in [5, 5.41) is 4.22. The predicted octanol–water partition coefficient (Wildman–Crippen LogP) is 3.61. The van der Waals surface area contributed by atoms with Gasteiger partial charge in [0.1, 0.15) is 12.4 Å². The molecule has 1 aliphatic heterocycles. The standard InChI is InChI=1S/C18H14F3N3O2S/c19-18(20,21)13-6-7-15(22-8-13)23-16(25)9-24-14(10-27-11-17(24)26)12-4-2-1-3-5-12/h1-8,10H,9,11H2,(H,22,23,25). The number of hydrogen-bond acceptors (Lipinski definition) is 4. The number of halogens is 3. The van der Waals surface area contributed by atoms with Gasteiger partial charge in [-0.05, 0) is 23.1 Å². The number of pyridine rings is 1. The monoisotopic (exact) mass is 393 g/mol. The molecule has 0 fully saturated rings. The summed E-state index contributed by atoms with van der Waals surface area (Å²) in [7, 11) is 0. The molecule has 140 valence electrons. The van der Waals surface area contributed by atoms with E-state index >= 15 is 0 Å². The lowest BCUT2D eigenvalue weighted by Gasteiger charge is -2.28. The van der Waals surface area contributed by atoms with Crippen molar-refractivity contribution in [2.75, 3.05) is 17.6 Å². The van der Waals surface area contributed by atoms with Gasteiger partial charge >= 0.3 is 6.18 Å². The zero-order valence-corrected chi connectivity index (χ0v) is 14.7. The lowest BCUT2D eigenvalue weighted by atomic mass is 10.1. The number of carbonyl (C=O) groups is 2. The molecule has 3 rings (SSSR count). The number of aromatic nitrogens is 1. The third-order valence-corrected chi connectivity index (χ3v) is 4.53. The third kappa shape index (κ3) is 4.68. The molecule has 5 nitrogen and oxygen atoms in total. The van der Waals surface area contributed by atoms with Crippen molar-refractivity contribution in [3.8, 4) is 0 Å². The summed E-state index contributed by atoms with van der Waals surface area (Å²) in [6.07, 6.45) is -3.85. The summed E-state index contributed by atoms with van der Waals surface area (Å²) in [5.41, 5.74) is 0.490. The molecule has 1 aromatic carbocycles. The Hall–Kier alpha value is -2.81. The van der Waals surface area contributed by atoms with Crippen molar-refractivity contribution in [1.29, 1.82) is 0 Å². The number of carbonyl (C=O) groups excluding carboxylic acids is 2. The maximum Gasteiger partial charge on any atom is 0.417 e. The average molecular weight is 393 g/mol. The molecule has 1 aromatic heterocycles. The molecular formula is C18H14F3N3O2S. The predicted molar refractivity (Wildman–Crippen MR) is 96.5 cm³/mol. The van der Waals surface area contributed by atoms with E-state index in [2.05, 4.69) is 10.3 Å². The fourth-order valence-corrected chi connectivity index (χ4v) is 3.24. The van der Waals surface area contributed by atoms with E-state index in [9.17, 15) is 22.8 Å². The Morgan fingerprint density at radius 3 is 2.56 bits per heavy atom. The number of nitrogens with zero attached hydrogens (tertiary/aromatic N) is 2. The minimum absolute atomic E-state index is 0.0166. The average Bonchev–Trinajstić information content (AvgIpc) is 2.64. The molecule has 0 aliphatic carbocycles. The van der Waals surface area contributed by atoms with E-state index in [4.69, 9.17) is 0 Å². The Kier molecular flexibility index (Phi) is 5.50. The Morgan fingerprint density at radius 1 is 1.19 bits per heavy atom. The zero-order valence-electron chi connectivity index (χ0n) is 13.9. The van der Waals surface area contributed by atoms with Gasteiger partial charge in [-0.2, -0.15) is 13.2 Å². The summed E-state index contributed by atoms with van der Waals surface area (Å²) in [6, 6.07) is 11.0. The van der Waals surface area contributed by atoms with E-state index in [1.54, 1.807) is 5.41 Å². The molecule has 9 heteroatoms. The van der Waals surface area contributed by atoms with Gasteiger partial charge in [0.25, 0.3) is 0 Å². The Balaban J connectivity index is 1.71. The first-order valence-corrected chi connectivity index (χ1v) is 8.90. The third-order valence-electron chi connectivity index (χ3n) is 3.72. The van der Waals surface area contributed by atoms with Gasteiger partial charge < -0.3 is 10.2 Å². The lowest BCUT2D eigenvalue weighted by molar-refractivity contribution is -0.137. The van der Waals surface area contributed by atoms with Crippen molar-refractivity contribution in [1.82, 2.24) is 9.88 Å². The first-order valence-electron chi connectivity index (χ1n) is 7.85. The SMILES string of the molecule is O=C(CN1C(=O)CSC=C1c1ccccc1)Nc1ccc(C(F)(F)F)cn1. The summed E-state index contributed by atoms with van der Waals surface area (Å²) in [6.45, 7) is -0.261. The summed E-state index contributed by atoms with van der Waals surface area (Å²) in [4.78, 5) is 29.5. The van der Waals surface area contributed by atoms with Gasteiger partial charge in [-0.15, -0.1) is 11.8 Å². The first-order chi connectivity index (χ1) is 12.8. The van der Waals surface area contributed by atoms with E-state index in [1.807, 2.05) is 30.3 Å². The first kappa shape index (κ1) is 19.0. The normalized spacial score (nSPS) is 14.7. The van der Waals surface area contributed by atoms with Crippen LogP contribution >= 0.6 is 11.8 Å². The van der Waals surface area contributed by atoms with Gasteiger partial charge in [0.15, 0.2) is 0 Å². The highest BCUT2D eigenvalue weighted by Gasteiger charge is 2.31. The Bertz CT molecular complexity index is 868. The topological polar surface area (TPSA) is 62.3 Å². The summed E-state index contributed by atoms with van der Waals surface area (Å²) >= 11 is 1.34. The quantitative estimate of drug-likeness (QED) is 0.862. The van der Waals surface area contributed by atoms with Crippen LogP contribution in [0.25, 0.3) is 5.70 Å². The van der Waals surface area contributed by atoms with Gasteiger partial charge in [0.2, 0.25) is 11.8 Å². The van der Waals surface area contributed by atoms with Crippen LogP contribution in [0, 0.1) is 0 Å². The highest BCUT2D eigenvalue weighted by Crippen LogP contribution is 2.29. The Morgan fingerprint density at radius 2 is 1.93 bits per heavy atom. The van der Waals surface area contributed by atoms with Crippen molar-refractivity contribution >= 4 is 35.1 Å². The largest absolute Gasteiger partial charge is 0.417 e. The molecule has 1 aliphatic rings. The molecule has 0 spiro atoms. The minimum Gasteiger partial charge on any atom is -0.309 e. The second-order valence-corrected chi connectivity index (χ2v) is 6.50. The van der Waals surface area contributed by atoms with Crippen molar-refractivity contribution in [2.24, 2.45) is 0 Å². The van der Waals surface area contributed by atoms with E-state index in [-0.39, 0.29) is 24.0 Å².